The van der Waals surface area contributed by atoms with Gasteiger partial charge in [-0.05, 0) is 71.1 Å². The van der Waals surface area contributed by atoms with Gasteiger partial charge in [0.15, 0.2) is 0 Å². The van der Waals surface area contributed by atoms with Crippen molar-refractivity contribution in [1.29, 1.82) is 5.41 Å². The number of carbonyl (C=O) groups is 1. The molecule has 6 rings (SSSR count). The number of Topliss-reactive ketones (excluding diaryl/α,β-unsaturated/α-hetero) is 1. The number of fused-ring (bicyclic) bond motifs is 1. The van der Waals surface area contributed by atoms with Crippen molar-refractivity contribution in [2.75, 3.05) is 20.8 Å². The predicted octanol–water partition coefficient (Wildman–Crippen LogP) is 8.16. The molecule has 0 saturated carbocycles. The molecule has 0 bridgehead atoms. The van der Waals surface area contributed by atoms with Crippen LogP contribution in [-0.2, 0) is 10.3 Å². The number of aromatic nitrogens is 2. The SMILES string of the molecule is COc1ccc(C(OCCC(=N)C(=O)c2[nH]c3cc(-c4cccnc4)ccc3c2C)(c2ccccc2)c2ccc(OC)cc2)cc1. The predicted molar refractivity (Wildman–Crippen MR) is 181 cm³/mol. The van der Waals surface area contributed by atoms with Gasteiger partial charge in [-0.15, -0.1) is 0 Å². The highest BCUT2D eigenvalue weighted by Gasteiger charge is 2.38. The van der Waals surface area contributed by atoms with E-state index < -0.39 is 5.60 Å². The number of aromatic amines is 1. The molecule has 46 heavy (non-hydrogen) atoms. The molecule has 230 valence electrons. The van der Waals surface area contributed by atoms with Gasteiger partial charge < -0.3 is 24.6 Å². The van der Waals surface area contributed by atoms with Crippen LogP contribution >= 0.6 is 0 Å². The lowest BCUT2D eigenvalue weighted by Crippen LogP contribution is -2.34. The summed E-state index contributed by atoms with van der Waals surface area (Å²) in [5.74, 6) is 1.11. The summed E-state index contributed by atoms with van der Waals surface area (Å²) in [4.78, 5) is 21.2. The second kappa shape index (κ2) is 13.2. The van der Waals surface area contributed by atoms with Gasteiger partial charge in [-0.3, -0.25) is 9.78 Å². The highest BCUT2D eigenvalue weighted by Crippen LogP contribution is 2.42. The molecule has 2 N–H and O–H groups in total. The second-order valence-corrected chi connectivity index (χ2v) is 11.0. The van der Waals surface area contributed by atoms with Gasteiger partial charge in [0, 0.05) is 35.3 Å². The topological polar surface area (TPSA) is 97.3 Å². The Balaban J connectivity index is 1.30. The fourth-order valence-electron chi connectivity index (χ4n) is 5.92. The first-order chi connectivity index (χ1) is 22.4. The molecular formula is C39H35N3O4. The van der Waals surface area contributed by atoms with E-state index in [0.29, 0.717) is 5.69 Å². The maximum absolute atomic E-state index is 13.6. The minimum Gasteiger partial charge on any atom is -0.497 e. The zero-order chi connectivity index (χ0) is 32.1. The number of ketones is 1. The third-order valence-electron chi connectivity index (χ3n) is 8.40. The summed E-state index contributed by atoms with van der Waals surface area (Å²) in [5, 5.41) is 9.76. The van der Waals surface area contributed by atoms with Crippen LogP contribution in [0.4, 0.5) is 0 Å². The maximum Gasteiger partial charge on any atom is 0.222 e. The Labute approximate surface area is 268 Å². The van der Waals surface area contributed by atoms with Gasteiger partial charge in [-0.2, -0.15) is 0 Å². The summed E-state index contributed by atoms with van der Waals surface area (Å²) in [6.45, 7) is 2.04. The third-order valence-corrected chi connectivity index (χ3v) is 8.40. The van der Waals surface area contributed by atoms with E-state index in [0.717, 1.165) is 55.8 Å². The fourth-order valence-corrected chi connectivity index (χ4v) is 5.92. The fraction of sp³-hybridized carbons (Fsp3) is 0.154. The summed E-state index contributed by atoms with van der Waals surface area (Å²) >= 11 is 0. The lowest BCUT2D eigenvalue weighted by atomic mass is 9.80. The van der Waals surface area contributed by atoms with Gasteiger partial charge in [0.2, 0.25) is 5.78 Å². The summed E-state index contributed by atoms with van der Waals surface area (Å²) in [6.07, 6.45) is 3.67. The number of carbonyl (C=O) groups excluding carboxylic acids is 1. The van der Waals surface area contributed by atoms with Crippen LogP contribution in [0.15, 0.2) is 122 Å². The van der Waals surface area contributed by atoms with Crippen LogP contribution < -0.4 is 9.47 Å². The van der Waals surface area contributed by atoms with E-state index in [1.54, 1.807) is 20.4 Å². The Bertz CT molecular complexity index is 1920. The number of rotatable bonds is 12. The molecule has 0 aliphatic rings. The normalized spacial score (nSPS) is 11.4. The Hall–Kier alpha value is -5.53. The van der Waals surface area contributed by atoms with Gasteiger partial charge in [-0.25, -0.2) is 0 Å². The highest BCUT2D eigenvalue weighted by molar-refractivity contribution is 6.45. The van der Waals surface area contributed by atoms with Crippen LogP contribution in [0, 0.1) is 12.3 Å². The zero-order valence-corrected chi connectivity index (χ0v) is 26.0. The average molecular weight is 610 g/mol. The zero-order valence-electron chi connectivity index (χ0n) is 26.0. The van der Waals surface area contributed by atoms with Crippen molar-refractivity contribution >= 4 is 22.4 Å². The summed E-state index contributed by atoms with van der Waals surface area (Å²) in [6, 6.07) is 35.5. The first kappa shape index (κ1) is 30.5. The number of nitrogens with one attached hydrogen (secondary N) is 2. The van der Waals surface area contributed by atoms with Crippen LogP contribution in [0.3, 0.4) is 0 Å². The van der Waals surface area contributed by atoms with E-state index in [2.05, 4.69) is 9.97 Å². The van der Waals surface area contributed by atoms with Crippen LogP contribution in [0.1, 0.15) is 39.2 Å². The van der Waals surface area contributed by atoms with E-state index in [1.165, 1.54) is 0 Å². The van der Waals surface area contributed by atoms with E-state index in [4.69, 9.17) is 19.6 Å². The van der Waals surface area contributed by atoms with Gasteiger partial charge in [-0.1, -0.05) is 72.8 Å². The summed E-state index contributed by atoms with van der Waals surface area (Å²) < 4.78 is 17.7. The molecule has 2 heterocycles. The molecule has 0 saturated heterocycles. The number of ether oxygens (including phenoxy) is 3. The van der Waals surface area contributed by atoms with Gasteiger partial charge in [0.05, 0.1) is 32.2 Å². The number of hydrogen-bond acceptors (Lipinski definition) is 6. The molecule has 0 spiro atoms. The molecule has 0 aliphatic carbocycles. The van der Waals surface area contributed by atoms with Crippen LogP contribution in [0.25, 0.3) is 22.0 Å². The Morgan fingerprint density at radius 3 is 2.00 bits per heavy atom. The largest absolute Gasteiger partial charge is 0.497 e. The minimum atomic E-state index is -1.02. The lowest BCUT2D eigenvalue weighted by Gasteiger charge is -2.36. The van der Waals surface area contributed by atoms with Gasteiger partial charge in [0.1, 0.15) is 17.1 Å². The van der Waals surface area contributed by atoms with Gasteiger partial charge >= 0.3 is 0 Å². The molecule has 0 unspecified atom stereocenters. The smallest absolute Gasteiger partial charge is 0.222 e. The molecule has 0 aliphatic heterocycles. The first-order valence-electron chi connectivity index (χ1n) is 15.1. The first-order valence-corrected chi connectivity index (χ1v) is 15.1. The van der Waals surface area contributed by atoms with Crippen LogP contribution in [0.5, 0.6) is 11.5 Å². The molecule has 0 atom stereocenters. The van der Waals surface area contributed by atoms with Crippen molar-refractivity contribution in [2.24, 2.45) is 0 Å². The van der Waals surface area contributed by atoms with Crippen molar-refractivity contribution < 1.29 is 19.0 Å². The van der Waals surface area contributed by atoms with E-state index >= 15 is 0 Å². The number of methoxy groups -OCH3 is 2. The number of pyridine rings is 1. The van der Waals surface area contributed by atoms with Gasteiger partial charge in [0.25, 0.3) is 0 Å². The molecule has 2 aromatic heterocycles. The van der Waals surface area contributed by atoms with Crippen molar-refractivity contribution in [1.82, 2.24) is 9.97 Å². The lowest BCUT2D eigenvalue weighted by molar-refractivity contribution is 0.0170. The minimum absolute atomic E-state index is 0.0337. The molecule has 0 amide bonds. The number of benzene rings is 4. The summed E-state index contributed by atoms with van der Waals surface area (Å²) in [5.41, 5.74) is 5.70. The third kappa shape index (κ3) is 5.80. The number of aryl methyl sites for hydroxylation is 1. The molecule has 7 nitrogen and oxygen atoms in total. The molecule has 0 radical (unpaired) electrons. The number of nitrogens with zero attached hydrogens (tertiary/aromatic N) is 1. The number of hydrogen-bond donors (Lipinski definition) is 2. The molecule has 0 fully saturated rings. The van der Waals surface area contributed by atoms with Crippen molar-refractivity contribution in [3.8, 4) is 22.6 Å². The van der Waals surface area contributed by atoms with Crippen molar-refractivity contribution in [3.05, 3.63) is 150 Å². The average Bonchev–Trinajstić information content (AvgIpc) is 3.46. The molecular weight excluding hydrogens is 574 g/mol. The monoisotopic (exact) mass is 609 g/mol. The Morgan fingerprint density at radius 1 is 0.783 bits per heavy atom. The molecule has 6 aromatic rings. The van der Waals surface area contributed by atoms with E-state index in [1.807, 2.05) is 122 Å². The van der Waals surface area contributed by atoms with E-state index in [9.17, 15) is 4.79 Å². The second-order valence-electron chi connectivity index (χ2n) is 11.0. The quantitative estimate of drug-likeness (QED) is 0.0829. The van der Waals surface area contributed by atoms with Crippen molar-refractivity contribution in [2.45, 2.75) is 18.9 Å². The highest BCUT2D eigenvalue weighted by atomic mass is 16.5. The standard InChI is InChI=1S/C39H35N3O4/c1-26-34-20-11-27(28-8-7-22-41-25-28)24-36(34)42-37(26)38(43)35(40)21-23-46-39(29-9-5-4-6-10-29,30-12-16-32(44-2)17-13-30)31-14-18-33(45-3)19-15-31/h4-20,22,24-25,40,42H,21,23H2,1-3H3. The Kier molecular flexibility index (Phi) is 8.76. The van der Waals surface area contributed by atoms with E-state index in [-0.39, 0.29) is 24.5 Å². The Morgan fingerprint density at radius 2 is 1.41 bits per heavy atom. The number of H-pyrrole nitrogens is 1. The maximum atomic E-state index is 13.6. The molecule has 4 aromatic carbocycles. The molecule has 7 heteroatoms. The summed E-state index contributed by atoms with van der Waals surface area (Å²) in [7, 11) is 3.27. The van der Waals surface area contributed by atoms with Crippen molar-refractivity contribution in [3.63, 3.8) is 0 Å². The van der Waals surface area contributed by atoms with Crippen LogP contribution in [-0.4, -0.2) is 42.3 Å². The van der Waals surface area contributed by atoms with Crippen LogP contribution in [0.2, 0.25) is 0 Å².